The van der Waals surface area contributed by atoms with Crippen molar-refractivity contribution in [1.82, 2.24) is 4.90 Å². The lowest BCUT2D eigenvalue weighted by Crippen LogP contribution is -2.63. The van der Waals surface area contributed by atoms with E-state index in [9.17, 15) is 29.7 Å². The quantitative estimate of drug-likeness (QED) is 0.290. The molecule has 0 aromatic heterocycles. The topological polar surface area (TPSA) is 152 Å². The van der Waals surface area contributed by atoms with Gasteiger partial charge in [-0.05, 0) is 46.9 Å². The van der Waals surface area contributed by atoms with Crippen LogP contribution in [0, 0.1) is 23.7 Å². The number of carbonyl (C=O) groups is 3. The molecule has 11 heteroatoms. The zero-order valence-electron chi connectivity index (χ0n) is 26.2. The number of nitrogens with zero attached hydrogens (tertiary/aromatic N) is 1. The highest BCUT2D eigenvalue weighted by atomic mass is 16.7. The van der Waals surface area contributed by atoms with Crippen molar-refractivity contribution in [2.24, 2.45) is 23.7 Å². The molecule has 2 rings (SSSR count). The molecular formula is C31H51NO10. The molecule has 0 radical (unpaired) electrons. The van der Waals surface area contributed by atoms with Crippen LogP contribution in [0.5, 0.6) is 0 Å². The third-order valence-corrected chi connectivity index (χ3v) is 8.41. The van der Waals surface area contributed by atoms with Gasteiger partial charge in [-0.15, -0.1) is 0 Å². The molecule has 0 amide bonds. The van der Waals surface area contributed by atoms with Crippen LogP contribution < -0.4 is 0 Å². The van der Waals surface area contributed by atoms with Crippen LogP contribution in [0.3, 0.4) is 0 Å². The Kier molecular flexibility index (Phi) is 14.4. The van der Waals surface area contributed by atoms with Crippen molar-refractivity contribution in [2.75, 3.05) is 27.8 Å². The number of carbonyl (C=O) groups excluding carboxylic acids is 3. The second kappa shape index (κ2) is 16.7. The molecule has 0 saturated carbocycles. The van der Waals surface area contributed by atoms with E-state index < -0.39 is 72.7 Å². The largest absolute Gasteiger partial charge is 0.462 e. The molecule has 0 aromatic rings. The van der Waals surface area contributed by atoms with Gasteiger partial charge in [0.2, 0.25) is 0 Å². The number of methoxy groups -OCH3 is 1. The molecule has 42 heavy (non-hydrogen) atoms. The van der Waals surface area contributed by atoms with Gasteiger partial charge >= 0.3 is 5.97 Å². The normalized spacial score (nSPS) is 41.6. The summed E-state index contributed by atoms with van der Waals surface area (Å²) in [4.78, 5) is 40.2. The lowest BCUT2D eigenvalue weighted by molar-refractivity contribution is -0.302. The van der Waals surface area contributed by atoms with E-state index in [4.69, 9.17) is 18.9 Å². The standard InChI is InChI=1S/C31H51NO10/c1-9-25-22(16-39-8)12-17(2)10-11-23(34)18(3)13-21(15-33)30(19(4)24(35)14-26(36)41-25)42-31-29(38)27(32(6)7)28(37)20(5)40-31/h10-12,15,18-22,24-25,27-31,35,37-38H,9,13-14,16H2,1-8H3/b11-10+,17-12+/t18-,19+,20-,21?,22-,24-,25-,27+,28-,29-,30-,31+/m1/s1. The zero-order valence-corrected chi connectivity index (χ0v) is 26.2. The van der Waals surface area contributed by atoms with Crippen molar-refractivity contribution < 1.29 is 48.7 Å². The summed E-state index contributed by atoms with van der Waals surface area (Å²) in [6.45, 7) is 9.03. The molecule has 240 valence electrons. The number of ketones is 1. The minimum atomic E-state index is -1.28. The number of ether oxygens (including phenoxy) is 4. The van der Waals surface area contributed by atoms with Crippen molar-refractivity contribution in [3.8, 4) is 0 Å². The van der Waals surface area contributed by atoms with Gasteiger partial charge in [-0.25, -0.2) is 0 Å². The van der Waals surface area contributed by atoms with Crippen LogP contribution in [0.4, 0.5) is 0 Å². The van der Waals surface area contributed by atoms with E-state index in [-0.39, 0.29) is 24.5 Å². The van der Waals surface area contributed by atoms with Crippen LogP contribution in [0.1, 0.15) is 53.9 Å². The van der Waals surface area contributed by atoms with Crippen LogP contribution in [0.15, 0.2) is 23.8 Å². The molecule has 2 aliphatic heterocycles. The molecule has 0 bridgehead atoms. The number of likely N-dealkylation sites (N-methyl/N-ethyl adjacent to an activating group) is 1. The predicted molar refractivity (Wildman–Crippen MR) is 155 cm³/mol. The minimum Gasteiger partial charge on any atom is -0.462 e. The highest BCUT2D eigenvalue weighted by molar-refractivity contribution is 5.92. The molecule has 1 fully saturated rings. The van der Waals surface area contributed by atoms with Gasteiger partial charge in [-0.1, -0.05) is 38.5 Å². The van der Waals surface area contributed by atoms with E-state index >= 15 is 0 Å². The summed E-state index contributed by atoms with van der Waals surface area (Å²) in [6.07, 6.45) is -1.08. The summed E-state index contributed by atoms with van der Waals surface area (Å²) < 4.78 is 23.2. The van der Waals surface area contributed by atoms with E-state index in [2.05, 4.69) is 0 Å². The average molecular weight is 598 g/mol. The number of rotatable bonds is 7. The van der Waals surface area contributed by atoms with Crippen LogP contribution in [-0.4, -0.2) is 115 Å². The molecule has 12 atom stereocenters. The summed E-state index contributed by atoms with van der Waals surface area (Å²) in [5.41, 5.74) is 0.788. The lowest BCUT2D eigenvalue weighted by atomic mass is 9.81. The Labute approximate surface area is 249 Å². The van der Waals surface area contributed by atoms with E-state index in [0.717, 1.165) is 5.57 Å². The van der Waals surface area contributed by atoms with Gasteiger partial charge in [0.05, 0.1) is 43.5 Å². The fourth-order valence-corrected chi connectivity index (χ4v) is 5.79. The summed E-state index contributed by atoms with van der Waals surface area (Å²) in [5.74, 6) is -3.32. The van der Waals surface area contributed by atoms with Gasteiger partial charge in [0.25, 0.3) is 0 Å². The number of aldehydes is 1. The van der Waals surface area contributed by atoms with Gasteiger partial charge in [0, 0.05) is 30.8 Å². The van der Waals surface area contributed by atoms with Gasteiger partial charge in [-0.3, -0.25) is 9.59 Å². The number of aliphatic hydroxyl groups is 3. The molecule has 11 nitrogen and oxygen atoms in total. The highest BCUT2D eigenvalue weighted by Gasteiger charge is 2.47. The van der Waals surface area contributed by atoms with E-state index in [1.165, 1.54) is 6.08 Å². The van der Waals surface area contributed by atoms with Crippen molar-refractivity contribution in [3.63, 3.8) is 0 Å². The Hall–Kier alpha value is -1.99. The monoisotopic (exact) mass is 597 g/mol. The Balaban J connectivity index is 2.48. The first-order chi connectivity index (χ1) is 19.7. The number of esters is 1. The minimum absolute atomic E-state index is 0.101. The molecule has 0 spiro atoms. The molecule has 0 aromatic carbocycles. The first kappa shape index (κ1) is 36.2. The molecule has 2 aliphatic rings. The van der Waals surface area contributed by atoms with E-state index in [1.54, 1.807) is 53.0 Å². The number of cyclic esters (lactones) is 1. The fourth-order valence-electron chi connectivity index (χ4n) is 5.79. The maximum atomic E-state index is 13.1. The van der Waals surface area contributed by atoms with Crippen molar-refractivity contribution in [2.45, 2.75) is 103 Å². The average Bonchev–Trinajstić information content (AvgIpc) is 2.93. The predicted octanol–water partition coefficient (Wildman–Crippen LogP) is 1.67. The molecule has 2 heterocycles. The third-order valence-electron chi connectivity index (χ3n) is 8.41. The van der Waals surface area contributed by atoms with Gasteiger partial charge < -0.3 is 44.0 Å². The lowest BCUT2D eigenvalue weighted by Gasteiger charge is -2.46. The number of hydrogen-bond donors (Lipinski definition) is 3. The van der Waals surface area contributed by atoms with Gasteiger partial charge in [-0.2, -0.15) is 0 Å². The Morgan fingerprint density at radius 1 is 1.10 bits per heavy atom. The number of hydrogen-bond acceptors (Lipinski definition) is 11. The smallest absolute Gasteiger partial charge is 0.308 e. The van der Waals surface area contributed by atoms with Crippen LogP contribution in [0.25, 0.3) is 0 Å². The Morgan fingerprint density at radius 2 is 1.76 bits per heavy atom. The van der Waals surface area contributed by atoms with Crippen LogP contribution in [-0.2, 0) is 33.3 Å². The van der Waals surface area contributed by atoms with Crippen molar-refractivity contribution in [3.05, 3.63) is 23.8 Å². The second-order valence-electron chi connectivity index (χ2n) is 12.0. The van der Waals surface area contributed by atoms with Crippen LogP contribution >= 0.6 is 0 Å². The van der Waals surface area contributed by atoms with Crippen molar-refractivity contribution >= 4 is 18.0 Å². The fraction of sp³-hybridized carbons (Fsp3) is 0.774. The van der Waals surface area contributed by atoms with Crippen LogP contribution in [0.2, 0.25) is 0 Å². The van der Waals surface area contributed by atoms with E-state index in [0.29, 0.717) is 19.3 Å². The zero-order chi connectivity index (χ0) is 31.7. The van der Waals surface area contributed by atoms with E-state index in [1.807, 2.05) is 19.9 Å². The van der Waals surface area contributed by atoms with Gasteiger partial charge in [0.1, 0.15) is 18.5 Å². The Morgan fingerprint density at radius 3 is 2.33 bits per heavy atom. The summed E-state index contributed by atoms with van der Waals surface area (Å²) in [7, 11) is 4.98. The number of aliphatic hydroxyl groups excluding tert-OH is 3. The Bertz CT molecular complexity index is 952. The third kappa shape index (κ3) is 9.51. The summed E-state index contributed by atoms with van der Waals surface area (Å²) in [6, 6.07) is -0.720. The molecular weight excluding hydrogens is 546 g/mol. The first-order valence-electron chi connectivity index (χ1n) is 14.8. The summed E-state index contributed by atoms with van der Waals surface area (Å²) in [5, 5.41) is 32.9. The molecule has 0 aliphatic carbocycles. The molecule has 3 N–H and O–H groups in total. The van der Waals surface area contributed by atoms with Crippen molar-refractivity contribution in [1.29, 1.82) is 0 Å². The second-order valence-corrected chi connectivity index (χ2v) is 12.0. The van der Waals surface area contributed by atoms with Gasteiger partial charge in [0.15, 0.2) is 12.1 Å². The summed E-state index contributed by atoms with van der Waals surface area (Å²) >= 11 is 0. The SMILES string of the molecule is CC[C@H]1OC(=O)C[C@@H](O)[C@H](C)[C@@H](O[C@@H]2O[C@H](C)[C@@H](O)[C@H](N(C)C)[C@H]2O)C(C=O)C[C@@H](C)C(=O)/C=C/C(C)=C/[C@@H]1COC. The molecule has 1 saturated heterocycles. The number of allylic oxidation sites excluding steroid dienone is 3. The highest BCUT2D eigenvalue weighted by Crippen LogP contribution is 2.32. The maximum absolute atomic E-state index is 13.1. The maximum Gasteiger partial charge on any atom is 0.308 e. The first-order valence-corrected chi connectivity index (χ1v) is 14.8. The molecule has 1 unspecified atom stereocenters.